The van der Waals surface area contributed by atoms with E-state index in [9.17, 15) is 13.6 Å². The van der Waals surface area contributed by atoms with E-state index < -0.39 is 17.7 Å². The zero-order valence-corrected chi connectivity index (χ0v) is 10.8. The van der Waals surface area contributed by atoms with Gasteiger partial charge in [-0.15, -0.1) is 0 Å². The van der Waals surface area contributed by atoms with Crippen LogP contribution in [0.2, 0.25) is 0 Å². The number of pyridine rings is 1. The SMILES string of the molecule is Cc1cccc(CNC(=O)Nc2cccc(F)c2F)n1. The van der Waals surface area contributed by atoms with Crippen LogP contribution < -0.4 is 10.6 Å². The molecule has 0 aliphatic carbocycles. The minimum absolute atomic E-state index is 0.199. The molecule has 2 aromatic rings. The number of halogens is 2. The molecule has 0 bridgehead atoms. The molecule has 2 N–H and O–H groups in total. The highest BCUT2D eigenvalue weighted by Crippen LogP contribution is 2.16. The summed E-state index contributed by atoms with van der Waals surface area (Å²) in [5.74, 6) is -2.10. The maximum Gasteiger partial charge on any atom is 0.319 e. The number of carbonyl (C=O) groups excluding carboxylic acids is 1. The van der Waals surface area contributed by atoms with Crippen molar-refractivity contribution in [2.24, 2.45) is 0 Å². The van der Waals surface area contributed by atoms with E-state index in [1.807, 2.05) is 19.1 Å². The second-order valence-corrected chi connectivity index (χ2v) is 4.18. The summed E-state index contributed by atoms with van der Waals surface area (Å²) < 4.78 is 26.3. The number of nitrogens with one attached hydrogen (secondary N) is 2. The predicted octanol–water partition coefficient (Wildman–Crippen LogP) is 2.99. The fraction of sp³-hybridized carbons (Fsp3) is 0.143. The van der Waals surface area contributed by atoms with Crippen molar-refractivity contribution >= 4 is 11.7 Å². The summed E-state index contributed by atoms with van der Waals surface area (Å²) in [5.41, 5.74) is 1.31. The third-order valence-electron chi connectivity index (χ3n) is 2.58. The highest BCUT2D eigenvalue weighted by atomic mass is 19.2. The molecule has 2 amide bonds. The summed E-state index contributed by atoms with van der Waals surface area (Å²) in [5, 5.41) is 4.76. The number of hydrogen-bond acceptors (Lipinski definition) is 2. The van der Waals surface area contributed by atoms with Gasteiger partial charge in [0.05, 0.1) is 17.9 Å². The maximum absolute atomic E-state index is 13.3. The summed E-state index contributed by atoms with van der Waals surface area (Å²) in [7, 11) is 0. The Morgan fingerprint density at radius 3 is 2.70 bits per heavy atom. The van der Waals surface area contributed by atoms with Crippen molar-refractivity contribution in [1.82, 2.24) is 10.3 Å². The molecule has 1 aromatic heterocycles. The third kappa shape index (κ3) is 3.50. The van der Waals surface area contributed by atoms with Gasteiger partial charge in [0.15, 0.2) is 11.6 Å². The highest BCUT2D eigenvalue weighted by Gasteiger charge is 2.10. The maximum atomic E-state index is 13.3. The van der Waals surface area contributed by atoms with Gasteiger partial charge in [0, 0.05) is 5.69 Å². The lowest BCUT2D eigenvalue weighted by molar-refractivity contribution is 0.251. The summed E-state index contributed by atoms with van der Waals surface area (Å²) in [6.45, 7) is 2.04. The number of amides is 2. The Morgan fingerprint density at radius 1 is 1.20 bits per heavy atom. The van der Waals surface area contributed by atoms with Gasteiger partial charge in [-0.3, -0.25) is 4.98 Å². The van der Waals surface area contributed by atoms with Gasteiger partial charge in [-0.2, -0.15) is 0 Å². The van der Waals surface area contributed by atoms with E-state index in [-0.39, 0.29) is 12.2 Å². The van der Waals surface area contributed by atoms with Crippen LogP contribution in [0.15, 0.2) is 36.4 Å². The fourth-order valence-corrected chi connectivity index (χ4v) is 1.64. The molecule has 0 aliphatic heterocycles. The van der Waals surface area contributed by atoms with E-state index in [1.165, 1.54) is 12.1 Å². The van der Waals surface area contributed by atoms with Gasteiger partial charge in [-0.1, -0.05) is 12.1 Å². The van der Waals surface area contributed by atoms with Crippen molar-refractivity contribution in [3.05, 3.63) is 59.4 Å². The van der Waals surface area contributed by atoms with E-state index >= 15 is 0 Å². The van der Waals surface area contributed by atoms with Crippen LogP contribution in [-0.4, -0.2) is 11.0 Å². The Morgan fingerprint density at radius 2 is 1.95 bits per heavy atom. The Hall–Kier alpha value is -2.50. The van der Waals surface area contributed by atoms with Crippen LogP contribution >= 0.6 is 0 Å². The molecule has 0 radical (unpaired) electrons. The van der Waals surface area contributed by atoms with Crippen LogP contribution in [0, 0.1) is 18.6 Å². The zero-order valence-electron chi connectivity index (χ0n) is 10.8. The quantitative estimate of drug-likeness (QED) is 0.906. The van der Waals surface area contributed by atoms with Crippen molar-refractivity contribution in [3.8, 4) is 0 Å². The summed E-state index contributed by atoms with van der Waals surface area (Å²) in [6.07, 6.45) is 0. The van der Waals surface area contributed by atoms with Crippen molar-refractivity contribution < 1.29 is 13.6 Å². The molecule has 0 saturated carbocycles. The number of rotatable bonds is 3. The van der Waals surface area contributed by atoms with Crippen LogP contribution in [-0.2, 0) is 6.54 Å². The van der Waals surface area contributed by atoms with Crippen molar-refractivity contribution in [2.75, 3.05) is 5.32 Å². The molecule has 20 heavy (non-hydrogen) atoms. The van der Waals surface area contributed by atoms with E-state index in [0.717, 1.165) is 11.8 Å². The van der Waals surface area contributed by atoms with Crippen LogP contribution in [0.3, 0.4) is 0 Å². The number of hydrogen-bond donors (Lipinski definition) is 2. The first-order valence-corrected chi connectivity index (χ1v) is 5.97. The lowest BCUT2D eigenvalue weighted by atomic mass is 10.3. The minimum Gasteiger partial charge on any atom is -0.332 e. The third-order valence-corrected chi connectivity index (χ3v) is 2.58. The Labute approximate surface area is 114 Å². The zero-order chi connectivity index (χ0) is 14.5. The van der Waals surface area contributed by atoms with E-state index in [2.05, 4.69) is 15.6 Å². The molecule has 4 nitrogen and oxygen atoms in total. The minimum atomic E-state index is -1.09. The standard InChI is InChI=1S/C14H13F2N3O/c1-9-4-2-5-10(18-9)8-17-14(20)19-12-7-3-6-11(15)13(12)16/h2-7H,8H2,1H3,(H2,17,19,20). The first-order valence-electron chi connectivity index (χ1n) is 5.97. The normalized spacial score (nSPS) is 10.2. The largest absolute Gasteiger partial charge is 0.332 e. The number of urea groups is 1. The van der Waals surface area contributed by atoms with Crippen molar-refractivity contribution in [2.45, 2.75) is 13.5 Å². The molecule has 104 valence electrons. The second-order valence-electron chi connectivity index (χ2n) is 4.18. The van der Waals surface area contributed by atoms with Gasteiger partial charge >= 0.3 is 6.03 Å². The number of benzene rings is 1. The van der Waals surface area contributed by atoms with Gasteiger partial charge in [-0.05, 0) is 31.2 Å². The number of carbonyl (C=O) groups is 1. The fourth-order valence-electron chi connectivity index (χ4n) is 1.64. The molecule has 0 atom stereocenters. The van der Waals surface area contributed by atoms with Gasteiger partial charge in [0.2, 0.25) is 0 Å². The molecule has 0 saturated heterocycles. The Bertz CT molecular complexity index is 632. The average Bonchev–Trinajstić information content (AvgIpc) is 2.42. The molecule has 2 rings (SSSR count). The molecular weight excluding hydrogens is 264 g/mol. The summed E-state index contributed by atoms with van der Waals surface area (Å²) >= 11 is 0. The number of aromatic nitrogens is 1. The molecule has 1 aromatic carbocycles. The molecule has 0 fully saturated rings. The molecule has 6 heteroatoms. The van der Waals surface area contributed by atoms with Gasteiger partial charge in [-0.25, -0.2) is 13.6 Å². The van der Waals surface area contributed by atoms with E-state index in [0.29, 0.717) is 5.69 Å². The second kappa shape index (κ2) is 6.10. The molecule has 0 aliphatic rings. The lowest BCUT2D eigenvalue weighted by Crippen LogP contribution is -2.29. The topological polar surface area (TPSA) is 54.0 Å². The molecule has 1 heterocycles. The van der Waals surface area contributed by atoms with Crippen LogP contribution in [0.1, 0.15) is 11.4 Å². The van der Waals surface area contributed by atoms with Gasteiger partial charge in [0.1, 0.15) is 0 Å². The smallest absolute Gasteiger partial charge is 0.319 e. The van der Waals surface area contributed by atoms with E-state index in [1.54, 1.807) is 6.07 Å². The Kier molecular flexibility index (Phi) is 4.24. The van der Waals surface area contributed by atoms with E-state index in [4.69, 9.17) is 0 Å². The summed E-state index contributed by atoms with van der Waals surface area (Å²) in [6, 6.07) is 8.37. The number of nitrogens with zero attached hydrogens (tertiary/aromatic N) is 1. The van der Waals surface area contributed by atoms with Crippen LogP contribution in [0.4, 0.5) is 19.3 Å². The highest BCUT2D eigenvalue weighted by molar-refractivity contribution is 5.89. The first-order chi connectivity index (χ1) is 9.56. The van der Waals surface area contributed by atoms with Crippen molar-refractivity contribution in [3.63, 3.8) is 0 Å². The number of anilines is 1. The van der Waals surface area contributed by atoms with Crippen LogP contribution in [0.5, 0.6) is 0 Å². The molecular formula is C14H13F2N3O. The first kappa shape index (κ1) is 13.9. The van der Waals surface area contributed by atoms with Crippen molar-refractivity contribution in [1.29, 1.82) is 0 Å². The Balaban J connectivity index is 1.94. The lowest BCUT2D eigenvalue weighted by Gasteiger charge is -2.08. The van der Waals surface area contributed by atoms with Gasteiger partial charge in [0.25, 0.3) is 0 Å². The summed E-state index contributed by atoms with van der Waals surface area (Å²) in [4.78, 5) is 15.8. The molecule has 0 unspecified atom stereocenters. The average molecular weight is 277 g/mol. The van der Waals surface area contributed by atoms with Crippen LogP contribution in [0.25, 0.3) is 0 Å². The van der Waals surface area contributed by atoms with Gasteiger partial charge < -0.3 is 10.6 Å². The predicted molar refractivity (Wildman–Crippen MR) is 71.2 cm³/mol. The molecule has 0 spiro atoms. The monoisotopic (exact) mass is 277 g/mol. The number of aryl methyl sites for hydroxylation is 1.